The highest BCUT2D eigenvalue weighted by Gasteiger charge is 2.32. The van der Waals surface area contributed by atoms with Crippen LogP contribution < -0.4 is 10.1 Å². The Morgan fingerprint density at radius 1 is 1.13 bits per heavy atom. The van der Waals surface area contributed by atoms with Crippen molar-refractivity contribution >= 4 is 5.69 Å². The van der Waals surface area contributed by atoms with Crippen LogP contribution in [0.5, 0.6) is 11.6 Å². The van der Waals surface area contributed by atoms with E-state index in [1.807, 2.05) is 0 Å². The van der Waals surface area contributed by atoms with Gasteiger partial charge < -0.3 is 20.3 Å². The van der Waals surface area contributed by atoms with E-state index in [1.54, 1.807) is 24.3 Å². The second-order valence-electron chi connectivity index (χ2n) is 4.70. The number of pyridine rings is 1. The van der Waals surface area contributed by atoms with Crippen LogP contribution in [0.25, 0.3) is 0 Å². The van der Waals surface area contributed by atoms with E-state index in [9.17, 15) is 18.3 Å². The summed E-state index contributed by atoms with van der Waals surface area (Å²) in [5.74, 6) is 0.168. The summed E-state index contributed by atoms with van der Waals surface area (Å²) in [6.07, 6.45) is -5.40. The molecule has 2 rings (SSSR count). The fourth-order valence-electron chi connectivity index (χ4n) is 1.69. The van der Waals surface area contributed by atoms with E-state index in [2.05, 4.69) is 10.3 Å². The van der Waals surface area contributed by atoms with E-state index >= 15 is 0 Å². The topological polar surface area (TPSA) is 74.6 Å². The molecule has 124 valence electrons. The lowest BCUT2D eigenvalue weighted by molar-refractivity contribution is -0.141. The molecule has 0 spiro atoms. The minimum Gasteiger partial charge on any atom is -0.439 e. The van der Waals surface area contributed by atoms with E-state index in [1.165, 1.54) is 12.1 Å². The van der Waals surface area contributed by atoms with Gasteiger partial charge in [0.05, 0.1) is 12.7 Å². The Labute approximate surface area is 130 Å². The molecule has 1 aromatic carbocycles. The molecule has 0 bridgehead atoms. The van der Waals surface area contributed by atoms with Crippen molar-refractivity contribution < 1.29 is 28.1 Å². The molecule has 0 aliphatic carbocycles. The zero-order chi connectivity index (χ0) is 16.9. The third-order valence-electron chi connectivity index (χ3n) is 2.84. The number of nitrogens with one attached hydrogen (secondary N) is 1. The van der Waals surface area contributed by atoms with E-state index in [4.69, 9.17) is 9.84 Å². The Morgan fingerprint density at radius 3 is 2.43 bits per heavy atom. The smallest absolute Gasteiger partial charge is 0.433 e. The fourth-order valence-corrected chi connectivity index (χ4v) is 1.69. The highest BCUT2D eigenvalue weighted by molar-refractivity contribution is 5.47. The largest absolute Gasteiger partial charge is 0.439 e. The number of hydrogen-bond acceptors (Lipinski definition) is 5. The summed E-state index contributed by atoms with van der Waals surface area (Å²) >= 11 is 0. The summed E-state index contributed by atoms with van der Waals surface area (Å²) in [5, 5.41) is 20.8. The first-order chi connectivity index (χ1) is 10.9. The summed E-state index contributed by atoms with van der Waals surface area (Å²) < 4.78 is 43.0. The predicted octanol–water partition coefficient (Wildman–Crippen LogP) is 2.66. The normalized spacial score (nSPS) is 12.7. The van der Waals surface area contributed by atoms with Crippen LogP contribution in [0.1, 0.15) is 5.69 Å². The van der Waals surface area contributed by atoms with Gasteiger partial charge >= 0.3 is 6.18 Å². The molecule has 0 aliphatic rings. The minimum atomic E-state index is -4.53. The molecule has 3 N–H and O–H groups in total. The maximum atomic E-state index is 12.6. The van der Waals surface area contributed by atoms with Gasteiger partial charge in [-0.3, -0.25) is 0 Å². The number of alkyl halides is 3. The molecular weight excluding hydrogens is 313 g/mol. The molecule has 0 saturated carbocycles. The number of rotatable bonds is 6. The number of hydrogen-bond donors (Lipinski definition) is 3. The molecule has 8 heteroatoms. The summed E-state index contributed by atoms with van der Waals surface area (Å²) in [4.78, 5) is 3.41. The van der Waals surface area contributed by atoms with Gasteiger partial charge in [-0.05, 0) is 30.3 Å². The number of aliphatic hydroxyl groups excluding tert-OH is 2. The molecular formula is C15H15F3N2O3. The van der Waals surface area contributed by atoms with Crippen LogP contribution in [-0.4, -0.2) is 34.5 Å². The molecule has 0 saturated heterocycles. The van der Waals surface area contributed by atoms with Crippen molar-refractivity contribution in [3.63, 3.8) is 0 Å². The van der Waals surface area contributed by atoms with Gasteiger partial charge in [0.2, 0.25) is 5.88 Å². The van der Waals surface area contributed by atoms with Gasteiger partial charge in [0.15, 0.2) is 0 Å². The standard InChI is InChI=1S/C15H15F3N2O3/c16-15(17,18)13-2-1-3-14(20-13)23-12-6-4-10(5-7-12)19-8-11(22)9-21/h1-7,11,19,21-22H,8-9H2. The number of aromatic nitrogens is 1. The van der Waals surface area contributed by atoms with Crippen LogP contribution in [0.4, 0.5) is 18.9 Å². The first kappa shape index (κ1) is 17.0. The van der Waals surface area contributed by atoms with Crippen molar-refractivity contribution in [1.82, 2.24) is 4.98 Å². The van der Waals surface area contributed by atoms with E-state index in [0.29, 0.717) is 11.4 Å². The molecule has 0 radical (unpaired) electrons. The van der Waals surface area contributed by atoms with Crippen molar-refractivity contribution in [3.8, 4) is 11.6 Å². The third kappa shape index (κ3) is 5.11. The van der Waals surface area contributed by atoms with Crippen LogP contribution in [0, 0.1) is 0 Å². The molecule has 1 unspecified atom stereocenters. The van der Waals surface area contributed by atoms with Gasteiger partial charge in [-0.2, -0.15) is 13.2 Å². The molecule has 23 heavy (non-hydrogen) atoms. The monoisotopic (exact) mass is 328 g/mol. The lowest BCUT2D eigenvalue weighted by Gasteiger charge is -2.11. The average Bonchev–Trinajstić information content (AvgIpc) is 2.53. The molecule has 2 aromatic rings. The predicted molar refractivity (Wildman–Crippen MR) is 77.3 cm³/mol. The molecule has 0 amide bonds. The van der Waals surface area contributed by atoms with Gasteiger partial charge in [-0.15, -0.1) is 0 Å². The summed E-state index contributed by atoms with van der Waals surface area (Å²) in [6, 6.07) is 9.79. The fraction of sp³-hybridized carbons (Fsp3) is 0.267. The Bertz CT molecular complexity index is 633. The number of nitrogens with zero attached hydrogens (tertiary/aromatic N) is 1. The van der Waals surface area contributed by atoms with Crippen LogP contribution in [0.15, 0.2) is 42.5 Å². The second-order valence-corrected chi connectivity index (χ2v) is 4.70. The van der Waals surface area contributed by atoms with E-state index in [0.717, 1.165) is 6.07 Å². The lowest BCUT2D eigenvalue weighted by Crippen LogP contribution is -2.22. The van der Waals surface area contributed by atoms with Crippen LogP contribution >= 0.6 is 0 Å². The van der Waals surface area contributed by atoms with Gasteiger partial charge in [0.1, 0.15) is 11.4 Å². The van der Waals surface area contributed by atoms with E-state index in [-0.39, 0.29) is 19.0 Å². The van der Waals surface area contributed by atoms with Crippen LogP contribution in [0.3, 0.4) is 0 Å². The third-order valence-corrected chi connectivity index (χ3v) is 2.84. The first-order valence-electron chi connectivity index (χ1n) is 6.73. The zero-order valence-corrected chi connectivity index (χ0v) is 11.9. The quantitative estimate of drug-likeness (QED) is 0.760. The van der Waals surface area contributed by atoms with Gasteiger partial charge in [-0.1, -0.05) is 6.07 Å². The molecule has 0 aliphatic heterocycles. The second kappa shape index (κ2) is 7.30. The maximum absolute atomic E-state index is 12.6. The van der Waals surface area contributed by atoms with Crippen LogP contribution in [0.2, 0.25) is 0 Å². The van der Waals surface area contributed by atoms with Crippen LogP contribution in [-0.2, 0) is 6.18 Å². The van der Waals surface area contributed by atoms with Gasteiger partial charge in [0, 0.05) is 18.3 Å². The Kier molecular flexibility index (Phi) is 5.41. The maximum Gasteiger partial charge on any atom is 0.433 e. The zero-order valence-electron chi connectivity index (χ0n) is 11.9. The van der Waals surface area contributed by atoms with Crippen molar-refractivity contribution in [2.75, 3.05) is 18.5 Å². The van der Waals surface area contributed by atoms with Gasteiger partial charge in [0.25, 0.3) is 0 Å². The van der Waals surface area contributed by atoms with Gasteiger partial charge in [-0.25, -0.2) is 4.98 Å². The number of ether oxygens (including phenoxy) is 1. The summed E-state index contributed by atoms with van der Waals surface area (Å²) in [5.41, 5.74) is -0.354. The lowest BCUT2D eigenvalue weighted by atomic mass is 10.3. The van der Waals surface area contributed by atoms with Crippen molar-refractivity contribution in [2.45, 2.75) is 12.3 Å². The number of benzene rings is 1. The number of aliphatic hydroxyl groups is 2. The summed E-state index contributed by atoms with van der Waals surface area (Å²) in [6.45, 7) is -0.179. The Hall–Kier alpha value is -2.32. The molecule has 0 fully saturated rings. The highest BCUT2D eigenvalue weighted by atomic mass is 19.4. The van der Waals surface area contributed by atoms with E-state index < -0.39 is 18.0 Å². The Balaban J connectivity index is 2.01. The molecule has 1 heterocycles. The number of anilines is 1. The van der Waals surface area contributed by atoms with Crippen molar-refractivity contribution in [2.24, 2.45) is 0 Å². The molecule has 1 aromatic heterocycles. The molecule has 1 atom stereocenters. The molecule has 5 nitrogen and oxygen atoms in total. The average molecular weight is 328 g/mol. The highest BCUT2D eigenvalue weighted by Crippen LogP contribution is 2.30. The number of halogens is 3. The Morgan fingerprint density at radius 2 is 1.83 bits per heavy atom. The van der Waals surface area contributed by atoms with Crippen molar-refractivity contribution in [1.29, 1.82) is 0 Å². The van der Waals surface area contributed by atoms with Crippen molar-refractivity contribution in [3.05, 3.63) is 48.2 Å². The first-order valence-corrected chi connectivity index (χ1v) is 6.73. The SMILES string of the molecule is OCC(O)CNc1ccc(Oc2cccc(C(F)(F)F)n2)cc1. The summed E-state index contributed by atoms with van der Waals surface area (Å²) in [7, 11) is 0. The minimum absolute atomic E-state index is 0.156.